The van der Waals surface area contributed by atoms with Gasteiger partial charge in [0.05, 0.1) is 28.3 Å². The Morgan fingerprint density at radius 3 is 2.20 bits per heavy atom. The van der Waals surface area contributed by atoms with Gasteiger partial charge in [-0.3, -0.25) is 14.9 Å². The van der Waals surface area contributed by atoms with Crippen molar-refractivity contribution < 1.29 is 34.1 Å². The first-order chi connectivity index (χ1) is 21.3. The Morgan fingerprint density at radius 1 is 0.818 bits per heavy atom. The van der Waals surface area contributed by atoms with Crippen LogP contribution in [0.2, 0.25) is 0 Å². The van der Waals surface area contributed by atoms with Crippen molar-refractivity contribution in [1.29, 1.82) is 5.26 Å². The minimum absolute atomic E-state index is 0.0588. The molecule has 3 N–H and O–H groups in total. The van der Waals surface area contributed by atoms with E-state index in [1.54, 1.807) is 23.1 Å². The van der Waals surface area contributed by atoms with E-state index in [0.717, 1.165) is 36.1 Å². The highest BCUT2D eigenvalue weighted by atomic mass is 16.5. The Labute approximate surface area is 252 Å². The van der Waals surface area contributed by atoms with Crippen molar-refractivity contribution >= 4 is 23.8 Å². The number of carbonyl (C=O) groups excluding carboxylic acids is 2. The topological polar surface area (TPSA) is 157 Å². The second-order valence-electron chi connectivity index (χ2n) is 10.2. The number of aryl methyl sites for hydroxylation is 1. The molecule has 0 bridgehead atoms. The van der Waals surface area contributed by atoms with E-state index in [-0.39, 0.29) is 12.1 Å². The molecule has 4 aromatic carbocycles. The third-order valence-electron chi connectivity index (χ3n) is 7.47. The molecule has 5 rings (SSSR count). The molecule has 1 aliphatic rings. The fourth-order valence-corrected chi connectivity index (χ4v) is 5.50. The summed E-state index contributed by atoms with van der Waals surface area (Å²) >= 11 is 0. The van der Waals surface area contributed by atoms with Gasteiger partial charge in [0.25, 0.3) is 11.8 Å². The first-order valence-electron chi connectivity index (χ1n) is 13.8. The van der Waals surface area contributed by atoms with E-state index >= 15 is 0 Å². The van der Waals surface area contributed by atoms with Crippen LogP contribution >= 0.6 is 0 Å². The maximum absolute atomic E-state index is 14.5. The number of nitriles is 1. The summed E-state index contributed by atoms with van der Waals surface area (Å²) in [6, 6.07) is 25.4. The van der Waals surface area contributed by atoms with Crippen molar-refractivity contribution in [2.24, 2.45) is 0 Å². The van der Waals surface area contributed by atoms with E-state index in [4.69, 9.17) is 10.00 Å². The van der Waals surface area contributed by atoms with Gasteiger partial charge in [-0.05, 0) is 72.4 Å². The molecule has 0 spiro atoms. The van der Waals surface area contributed by atoms with Crippen LogP contribution in [0.15, 0.2) is 91.0 Å². The molecule has 0 aliphatic heterocycles. The van der Waals surface area contributed by atoms with Crippen LogP contribution in [0.4, 0.5) is 0 Å². The highest BCUT2D eigenvalue weighted by Gasteiger charge is 2.34. The van der Waals surface area contributed by atoms with E-state index in [0.29, 0.717) is 23.5 Å². The Kier molecular flexibility index (Phi) is 8.67. The van der Waals surface area contributed by atoms with Crippen molar-refractivity contribution in [3.8, 4) is 17.7 Å². The molecule has 0 saturated carbocycles. The molecule has 44 heavy (non-hydrogen) atoms. The van der Waals surface area contributed by atoms with Gasteiger partial charge in [-0.1, -0.05) is 54.6 Å². The van der Waals surface area contributed by atoms with Crippen LogP contribution in [0.5, 0.6) is 11.5 Å². The average Bonchev–Trinajstić information content (AvgIpc) is 3.03. The zero-order chi connectivity index (χ0) is 31.2. The smallest absolute Gasteiger partial charge is 0.336 e. The SMILES string of the molecule is N#CNC(=O)c1cc(C(=O)N(Cc2cccc(Oc3ccccc3)c2)[C@H]2CCCc3ccccc32)c(C(=O)O)cc1C(=O)O. The number of rotatable bonds is 9. The quantitative estimate of drug-likeness (QED) is 0.163. The summed E-state index contributed by atoms with van der Waals surface area (Å²) in [6.07, 6.45) is 3.64. The first-order valence-corrected chi connectivity index (χ1v) is 13.8. The minimum atomic E-state index is -1.58. The summed E-state index contributed by atoms with van der Waals surface area (Å²) in [5, 5.41) is 30.6. The fraction of sp³-hybridized carbons (Fsp3) is 0.147. The lowest BCUT2D eigenvalue weighted by atomic mass is 9.86. The largest absolute Gasteiger partial charge is 0.478 e. The standard InChI is InChI=1S/C34H27N3O7/c35-20-36-31(38)26-17-27(29(34(42)43)18-28(26)33(40)41)32(39)37(30-15-7-10-22-9-4-5-14-25(22)30)19-21-8-6-13-24(16-21)44-23-11-2-1-3-12-23/h1-6,8-9,11-14,16-18,30H,7,10,15,19H2,(H,36,38)(H,40,41)(H,42,43)/t30-/m0/s1. The number of aromatic carboxylic acids is 2. The molecule has 0 fully saturated rings. The molecule has 10 heteroatoms. The van der Waals surface area contributed by atoms with Gasteiger partial charge in [-0.15, -0.1) is 0 Å². The summed E-state index contributed by atoms with van der Waals surface area (Å²) in [4.78, 5) is 53.0. The van der Waals surface area contributed by atoms with Gasteiger partial charge in [0.15, 0.2) is 6.19 Å². The predicted molar refractivity (Wildman–Crippen MR) is 158 cm³/mol. The summed E-state index contributed by atoms with van der Waals surface area (Å²) in [7, 11) is 0. The average molecular weight is 590 g/mol. The second kappa shape index (κ2) is 12.9. The minimum Gasteiger partial charge on any atom is -0.478 e. The monoisotopic (exact) mass is 589 g/mol. The van der Waals surface area contributed by atoms with Crippen molar-refractivity contribution in [1.82, 2.24) is 10.2 Å². The van der Waals surface area contributed by atoms with Crippen LogP contribution in [0.3, 0.4) is 0 Å². The first kappa shape index (κ1) is 29.5. The van der Waals surface area contributed by atoms with Crippen LogP contribution in [0.1, 0.15) is 77.0 Å². The maximum Gasteiger partial charge on any atom is 0.336 e. The lowest BCUT2D eigenvalue weighted by Gasteiger charge is -2.36. The van der Waals surface area contributed by atoms with Gasteiger partial charge in [0, 0.05) is 6.54 Å². The third kappa shape index (κ3) is 6.27. The molecule has 0 heterocycles. The number of nitrogens with zero attached hydrogens (tertiary/aromatic N) is 2. The number of para-hydroxylation sites is 1. The van der Waals surface area contributed by atoms with Crippen LogP contribution in [0, 0.1) is 11.5 Å². The van der Waals surface area contributed by atoms with Crippen LogP contribution in [0.25, 0.3) is 0 Å². The zero-order valence-electron chi connectivity index (χ0n) is 23.4. The van der Waals surface area contributed by atoms with Gasteiger partial charge < -0.3 is 19.8 Å². The number of carboxylic acid groups (broad SMARTS) is 2. The summed E-state index contributed by atoms with van der Waals surface area (Å²) in [5.41, 5.74) is 0.598. The highest BCUT2D eigenvalue weighted by molar-refractivity contribution is 6.12. The van der Waals surface area contributed by atoms with Crippen LogP contribution < -0.4 is 10.1 Å². The van der Waals surface area contributed by atoms with E-state index in [1.165, 1.54) is 6.19 Å². The number of hydrogen-bond acceptors (Lipinski definition) is 6. The molecule has 1 aliphatic carbocycles. The molecule has 0 aromatic heterocycles. The molecule has 0 radical (unpaired) electrons. The molecular weight excluding hydrogens is 562 g/mol. The Bertz CT molecular complexity index is 1800. The fourth-order valence-electron chi connectivity index (χ4n) is 5.50. The third-order valence-corrected chi connectivity index (χ3v) is 7.47. The van der Waals surface area contributed by atoms with E-state index < -0.39 is 46.5 Å². The van der Waals surface area contributed by atoms with Crippen molar-refractivity contribution in [2.75, 3.05) is 0 Å². The Morgan fingerprint density at radius 2 is 1.48 bits per heavy atom. The number of fused-ring (bicyclic) bond motifs is 1. The molecule has 220 valence electrons. The molecular formula is C34H27N3O7. The van der Waals surface area contributed by atoms with Gasteiger partial charge in [0.2, 0.25) is 0 Å². The molecule has 0 saturated heterocycles. The van der Waals surface area contributed by atoms with E-state index in [9.17, 15) is 29.4 Å². The van der Waals surface area contributed by atoms with E-state index in [2.05, 4.69) is 0 Å². The van der Waals surface area contributed by atoms with Gasteiger partial charge in [-0.2, -0.15) is 5.26 Å². The lowest BCUT2D eigenvalue weighted by Crippen LogP contribution is -2.37. The van der Waals surface area contributed by atoms with Crippen LogP contribution in [-0.2, 0) is 13.0 Å². The van der Waals surface area contributed by atoms with Crippen LogP contribution in [-0.4, -0.2) is 38.9 Å². The van der Waals surface area contributed by atoms with Crippen molar-refractivity contribution in [3.63, 3.8) is 0 Å². The Hall–Kier alpha value is -5.95. The van der Waals surface area contributed by atoms with Gasteiger partial charge >= 0.3 is 11.9 Å². The number of carbonyl (C=O) groups is 4. The van der Waals surface area contributed by atoms with Gasteiger partial charge in [0.1, 0.15) is 11.5 Å². The molecule has 10 nitrogen and oxygen atoms in total. The number of carboxylic acids is 2. The summed E-state index contributed by atoms with van der Waals surface area (Å²) < 4.78 is 5.99. The maximum atomic E-state index is 14.5. The van der Waals surface area contributed by atoms with E-state index in [1.807, 2.05) is 66.0 Å². The molecule has 0 unspecified atom stereocenters. The zero-order valence-corrected chi connectivity index (χ0v) is 23.4. The number of hydrogen-bond donors (Lipinski definition) is 3. The second-order valence-corrected chi connectivity index (χ2v) is 10.2. The molecule has 1 atom stereocenters. The number of nitrogens with one attached hydrogen (secondary N) is 1. The summed E-state index contributed by atoms with van der Waals surface area (Å²) in [6.45, 7) is 0.0588. The highest BCUT2D eigenvalue weighted by Crippen LogP contribution is 2.37. The normalized spacial score (nSPS) is 13.6. The lowest BCUT2D eigenvalue weighted by molar-refractivity contribution is 0.0613. The van der Waals surface area contributed by atoms with Gasteiger partial charge in [-0.25, -0.2) is 9.59 Å². The predicted octanol–water partition coefficient (Wildman–Crippen LogP) is 5.81. The summed E-state index contributed by atoms with van der Waals surface area (Å²) in [5.74, 6) is -3.73. The molecule has 4 aromatic rings. The number of ether oxygens (including phenoxy) is 1. The van der Waals surface area contributed by atoms with Crippen molar-refractivity contribution in [3.05, 3.63) is 130 Å². The number of benzene rings is 4. The number of amides is 2. The molecule has 2 amide bonds. The Balaban J connectivity index is 1.62. The van der Waals surface area contributed by atoms with Crippen molar-refractivity contribution in [2.45, 2.75) is 31.8 Å².